The molecule has 126 valence electrons. The Labute approximate surface area is 153 Å². The topological polar surface area (TPSA) is 63.6 Å². The van der Waals surface area contributed by atoms with Crippen LogP contribution in [-0.4, -0.2) is 24.3 Å². The normalized spacial score (nSPS) is 10.8. The number of rotatable bonds is 5. The molecule has 0 unspecified atom stereocenters. The SMILES string of the molecule is COC(=O)c1sc(N/N=C\c2ccccc2Cl)nc1-c1ccccc1. The Balaban J connectivity index is 1.86. The van der Waals surface area contributed by atoms with E-state index in [4.69, 9.17) is 16.3 Å². The fourth-order valence-corrected chi connectivity index (χ4v) is 3.17. The third kappa shape index (κ3) is 4.04. The minimum Gasteiger partial charge on any atom is -0.465 e. The highest BCUT2D eigenvalue weighted by atomic mass is 35.5. The number of thiazole rings is 1. The lowest BCUT2D eigenvalue weighted by atomic mass is 10.1. The van der Waals surface area contributed by atoms with Gasteiger partial charge >= 0.3 is 5.97 Å². The van der Waals surface area contributed by atoms with E-state index < -0.39 is 5.97 Å². The summed E-state index contributed by atoms with van der Waals surface area (Å²) in [6, 6.07) is 16.8. The summed E-state index contributed by atoms with van der Waals surface area (Å²) >= 11 is 7.27. The van der Waals surface area contributed by atoms with Gasteiger partial charge in [-0.15, -0.1) is 0 Å². The van der Waals surface area contributed by atoms with Gasteiger partial charge in [-0.1, -0.05) is 71.5 Å². The van der Waals surface area contributed by atoms with Crippen molar-refractivity contribution >= 4 is 40.3 Å². The monoisotopic (exact) mass is 371 g/mol. The summed E-state index contributed by atoms with van der Waals surface area (Å²) in [7, 11) is 1.35. The van der Waals surface area contributed by atoms with Crippen LogP contribution < -0.4 is 5.43 Å². The number of halogens is 1. The Morgan fingerprint density at radius 3 is 2.64 bits per heavy atom. The predicted molar refractivity (Wildman–Crippen MR) is 102 cm³/mol. The van der Waals surface area contributed by atoms with Crippen LogP contribution >= 0.6 is 22.9 Å². The number of hydrogen-bond acceptors (Lipinski definition) is 6. The van der Waals surface area contributed by atoms with E-state index in [1.807, 2.05) is 48.5 Å². The van der Waals surface area contributed by atoms with Crippen LogP contribution in [0.15, 0.2) is 59.7 Å². The zero-order chi connectivity index (χ0) is 17.6. The molecule has 5 nitrogen and oxygen atoms in total. The number of hydrogen-bond donors (Lipinski definition) is 1. The summed E-state index contributed by atoms with van der Waals surface area (Å²) in [5, 5.41) is 5.23. The van der Waals surface area contributed by atoms with E-state index in [2.05, 4.69) is 15.5 Å². The van der Waals surface area contributed by atoms with E-state index in [9.17, 15) is 4.79 Å². The molecule has 0 aliphatic rings. The molecule has 25 heavy (non-hydrogen) atoms. The summed E-state index contributed by atoms with van der Waals surface area (Å²) in [5.41, 5.74) is 5.02. The van der Waals surface area contributed by atoms with Crippen LogP contribution in [0.25, 0.3) is 11.3 Å². The second kappa shape index (κ2) is 7.92. The minimum atomic E-state index is -0.431. The fraction of sp³-hybridized carbons (Fsp3) is 0.0556. The number of ether oxygens (including phenoxy) is 1. The number of carbonyl (C=O) groups excluding carboxylic acids is 1. The Bertz CT molecular complexity index is 910. The Morgan fingerprint density at radius 2 is 1.92 bits per heavy atom. The van der Waals surface area contributed by atoms with Crippen LogP contribution in [0.2, 0.25) is 5.02 Å². The Kier molecular flexibility index (Phi) is 5.42. The highest BCUT2D eigenvalue weighted by molar-refractivity contribution is 7.17. The van der Waals surface area contributed by atoms with Crippen molar-refractivity contribution in [1.82, 2.24) is 4.98 Å². The largest absolute Gasteiger partial charge is 0.465 e. The number of nitrogens with one attached hydrogen (secondary N) is 1. The van der Waals surface area contributed by atoms with Gasteiger partial charge in [-0.2, -0.15) is 5.10 Å². The molecule has 0 aliphatic carbocycles. The number of benzene rings is 2. The molecule has 0 aliphatic heterocycles. The Hall–Kier alpha value is -2.70. The number of anilines is 1. The number of methoxy groups -OCH3 is 1. The van der Waals surface area contributed by atoms with Crippen LogP contribution in [0.5, 0.6) is 0 Å². The van der Waals surface area contributed by atoms with Gasteiger partial charge in [0.25, 0.3) is 0 Å². The molecule has 0 amide bonds. The molecular weight excluding hydrogens is 358 g/mol. The molecule has 2 aromatic carbocycles. The third-order valence-corrected chi connectivity index (χ3v) is 4.60. The quantitative estimate of drug-likeness (QED) is 0.401. The van der Waals surface area contributed by atoms with E-state index in [-0.39, 0.29) is 0 Å². The van der Waals surface area contributed by atoms with Crippen LogP contribution in [0.1, 0.15) is 15.2 Å². The maximum absolute atomic E-state index is 12.0. The van der Waals surface area contributed by atoms with E-state index in [0.717, 1.165) is 11.1 Å². The van der Waals surface area contributed by atoms with Crippen molar-refractivity contribution in [3.05, 3.63) is 70.1 Å². The zero-order valence-corrected chi connectivity index (χ0v) is 14.8. The average molecular weight is 372 g/mol. The lowest BCUT2D eigenvalue weighted by Crippen LogP contribution is -2.00. The molecule has 0 saturated heterocycles. The van der Waals surface area contributed by atoms with Gasteiger partial charge in [0, 0.05) is 16.1 Å². The molecule has 3 aromatic rings. The van der Waals surface area contributed by atoms with Crippen molar-refractivity contribution in [3.63, 3.8) is 0 Å². The minimum absolute atomic E-state index is 0.421. The lowest BCUT2D eigenvalue weighted by Gasteiger charge is -1.99. The summed E-state index contributed by atoms with van der Waals surface area (Å²) in [5.74, 6) is -0.431. The van der Waals surface area contributed by atoms with E-state index in [1.54, 1.807) is 12.3 Å². The smallest absolute Gasteiger partial charge is 0.350 e. The molecule has 0 radical (unpaired) electrons. The molecule has 1 heterocycles. The van der Waals surface area contributed by atoms with Crippen LogP contribution in [-0.2, 0) is 4.74 Å². The standard InChI is InChI=1S/C18H14ClN3O2S/c1-24-17(23)16-15(12-7-3-2-4-8-12)21-18(25-16)22-20-11-13-9-5-6-10-14(13)19/h2-11H,1H3,(H,21,22)/b20-11-. The van der Waals surface area contributed by atoms with Crippen LogP contribution in [0, 0.1) is 0 Å². The second-order valence-corrected chi connectivity index (χ2v) is 6.35. The van der Waals surface area contributed by atoms with Gasteiger partial charge < -0.3 is 4.74 Å². The van der Waals surface area contributed by atoms with Crippen molar-refractivity contribution in [2.75, 3.05) is 12.5 Å². The molecular formula is C18H14ClN3O2S. The first-order valence-electron chi connectivity index (χ1n) is 7.37. The highest BCUT2D eigenvalue weighted by Crippen LogP contribution is 2.31. The Morgan fingerprint density at radius 1 is 1.20 bits per heavy atom. The lowest BCUT2D eigenvalue weighted by molar-refractivity contribution is 0.0607. The molecule has 1 N–H and O–H groups in total. The summed E-state index contributed by atoms with van der Waals surface area (Å²) in [4.78, 5) is 16.9. The molecule has 0 spiro atoms. The molecule has 0 bridgehead atoms. The first-order valence-corrected chi connectivity index (χ1v) is 8.56. The van der Waals surface area contributed by atoms with Crippen LogP contribution in [0.4, 0.5) is 5.13 Å². The number of hydrazone groups is 1. The van der Waals surface area contributed by atoms with Crippen LogP contribution in [0.3, 0.4) is 0 Å². The average Bonchev–Trinajstić information content (AvgIpc) is 3.07. The van der Waals surface area contributed by atoms with Gasteiger partial charge in [-0.3, -0.25) is 5.43 Å². The van der Waals surface area contributed by atoms with Crippen molar-refractivity contribution < 1.29 is 9.53 Å². The van der Waals surface area contributed by atoms with Gasteiger partial charge in [-0.25, -0.2) is 9.78 Å². The van der Waals surface area contributed by atoms with Gasteiger partial charge in [-0.05, 0) is 6.07 Å². The van der Waals surface area contributed by atoms with Crippen molar-refractivity contribution in [1.29, 1.82) is 0 Å². The third-order valence-electron chi connectivity index (χ3n) is 3.31. The van der Waals surface area contributed by atoms with Gasteiger partial charge in [0.2, 0.25) is 5.13 Å². The maximum Gasteiger partial charge on any atom is 0.350 e. The van der Waals surface area contributed by atoms with Gasteiger partial charge in [0.05, 0.1) is 19.0 Å². The maximum atomic E-state index is 12.0. The second-order valence-electron chi connectivity index (χ2n) is 4.95. The first-order chi connectivity index (χ1) is 12.2. The van der Waals surface area contributed by atoms with Crippen molar-refractivity contribution in [2.24, 2.45) is 5.10 Å². The first kappa shape index (κ1) is 17.1. The van der Waals surface area contributed by atoms with Gasteiger partial charge in [0.1, 0.15) is 4.88 Å². The van der Waals surface area contributed by atoms with E-state index in [0.29, 0.717) is 20.7 Å². The summed E-state index contributed by atoms with van der Waals surface area (Å²) in [6.45, 7) is 0. The van der Waals surface area contributed by atoms with E-state index in [1.165, 1.54) is 18.4 Å². The summed E-state index contributed by atoms with van der Waals surface area (Å²) in [6.07, 6.45) is 1.60. The molecule has 0 saturated carbocycles. The highest BCUT2D eigenvalue weighted by Gasteiger charge is 2.19. The van der Waals surface area contributed by atoms with Gasteiger partial charge in [0.15, 0.2) is 0 Å². The molecule has 0 fully saturated rings. The molecule has 3 rings (SSSR count). The number of aromatic nitrogens is 1. The van der Waals surface area contributed by atoms with Crippen molar-refractivity contribution in [2.45, 2.75) is 0 Å². The summed E-state index contributed by atoms with van der Waals surface area (Å²) < 4.78 is 4.85. The number of nitrogens with zero attached hydrogens (tertiary/aromatic N) is 2. The molecule has 1 aromatic heterocycles. The fourth-order valence-electron chi connectivity index (χ4n) is 2.13. The molecule has 7 heteroatoms. The number of esters is 1. The predicted octanol–water partition coefficient (Wildman–Crippen LogP) is 4.70. The van der Waals surface area contributed by atoms with E-state index >= 15 is 0 Å². The zero-order valence-electron chi connectivity index (χ0n) is 13.3. The number of carbonyl (C=O) groups is 1. The molecule has 0 atom stereocenters. The van der Waals surface area contributed by atoms with Crippen molar-refractivity contribution in [3.8, 4) is 11.3 Å².